The van der Waals surface area contributed by atoms with Crippen molar-refractivity contribution < 1.29 is 9.47 Å². The van der Waals surface area contributed by atoms with E-state index in [1.165, 1.54) is 5.56 Å². The monoisotopic (exact) mass is 398 g/mol. The van der Waals surface area contributed by atoms with Gasteiger partial charge in [-0.25, -0.2) is 4.99 Å². The smallest absolute Gasteiger partial charge is 0.191 e. The minimum atomic E-state index is 0.592. The summed E-state index contributed by atoms with van der Waals surface area (Å²) in [4.78, 5) is 6.81. The van der Waals surface area contributed by atoms with Crippen molar-refractivity contribution in [2.45, 2.75) is 19.9 Å². The first-order valence-electron chi connectivity index (χ1n) is 10.1. The van der Waals surface area contributed by atoms with Gasteiger partial charge in [0.2, 0.25) is 0 Å². The van der Waals surface area contributed by atoms with E-state index < -0.39 is 0 Å². The summed E-state index contributed by atoms with van der Waals surface area (Å²) in [5.74, 6) is 2.61. The highest BCUT2D eigenvalue weighted by Crippen LogP contribution is 2.17. The average molecular weight is 399 g/mol. The van der Waals surface area contributed by atoms with Crippen molar-refractivity contribution in [2.75, 3.05) is 47.4 Å². The largest absolute Gasteiger partial charge is 0.496 e. The van der Waals surface area contributed by atoms with Crippen molar-refractivity contribution in [3.05, 3.63) is 59.7 Å². The maximum atomic E-state index is 5.81. The van der Waals surface area contributed by atoms with E-state index in [0.29, 0.717) is 13.2 Å². The SMILES string of the molecule is CCNC(=NCc1cccc(OCCN(C)C)c1)NCCc1ccccc1OC. The summed E-state index contributed by atoms with van der Waals surface area (Å²) in [5.41, 5.74) is 2.30. The molecule has 0 spiro atoms. The quantitative estimate of drug-likeness (QED) is 0.450. The zero-order chi connectivity index (χ0) is 20.9. The molecule has 0 aliphatic heterocycles. The molecule has 0 saturated heterocycles. The summed E-state index contributed by atoms with van der Waals surface area (Å²) in [7, 11) is 5.78. The number of para-hydroxylation sites is 1. The molecular weight excluding hydrogens is 364 g/mol. The molecule has 0 unspecified atom stereocenters. The summed E-state index contributed by atoms with van der Waals surface area (Å²) < 4.78 is 11.2. The summed E-state index contributed by atoms with van der Waals surface area (Å²) in [6, 6.07) is 16.2. The number of likely N-dealkylation sites (N-methyl/N-ethyl adjacent to an activating group) is 1. The lowest BCUT2D eigenvalue weighted by Crippen LogP contribution is -2.38. The molecule has 0 aromatic heterocycles. The van der Waals surface area contributed by atoms with Crippen LogP contribution in [0, 0.1) is 0 Å². The Morgan fingerprint density at radius 2 is 1.90 bits per heavy atom. The number of hydrogen-bond acceptors (Lipinski definition) is 4. The van der Waals surface area contributed by atoms with Gasteiger partial charge in [0.1, 0.15) is 18.1 Å². The molecule has 0 fully saturated rings. The highest BCUT2D eigenvalue weighted by Gasteiger charge is 2.03. The lowest BCUT2D eigenvalue weighted by atomic mass is 10.1. The first-order chi connectivity index (χ1) is 14.1. The third kappa shape index (κ3) is 8.44. The molecule has 0 heterocycles. The molecule has 0 radical (unpaired) electrons. The molecule has 0 aliphatic carbocycles. The highest BCUT2D eigenvalue weighted by molar-refractivity contribution is 5.79. The van der Waals surface area contributed by atoms with E-state index in [0.717, 1.165) is 49.1 Å². The van der Waals surface area contributed by atoms with E-state index in [2.05, 4.69) is 40.7 Å². The fourth-order valence-corrected chi connectivity index (χ4v) is 2.82. The van der Waals surface area contributed by atoms with Crippen LogP contribution in [0.1, 0.15) is 18.1 Å². The molecule has 0 aliphatic rings. The topological polar surface area (TPSA) is 58.1 Å². The minimum absolute atomic E-state index is 0.592. The number of nitrogens with one attached hydrogen (secondary N) is 2. The summed E-state index contributed by atoms with van der Waals surface area (Å²) in [6.07, 6.45) is 0.865. The molecule has 0 atom stereocenters. The van der Waals surface area contributed by atoms with E-state index in [1.54, 1.807) is 7.11 Å². The van der Waals surface area contributed by atoms with Crippen molar-refractivity contribution in [3.8, 4) is 11.5 Å². The van der Waals surface area contributed by atoms with Crippen LogP contribution in [0.2, 0.25) is 0 Å². The van der Waals surface area contributed by atoms with Crippen molar-refractivity contribution in [1.82, 2.24) is 15.5 Å². The molecular formula is C23H34N4O2. The number of nitrogens with zero attached hydrogens (tertiary/aromatic N) is 2. The minimum Gasteiger partial charge on any atom is -0.496 e. The van der Waals surface area contributed by atoms with Gasteiger partial charge in [0.25, 0.3) is 0 Å². The van der Waals surface area contributed by atoms with Crippen LogP contribution in [0.4, 0.5) is 0 Å². The molecule has 2 N–H and O–H groups in total. The van der Waals surface area contributed by atoms with E-state index in [9.17, 15) is 0 Å². The van der Waals surface area contributed by atoms with Crippen LogP contribution < -0.4 is 20.1 Å². The zero-order valence-corrected chi connectivity index (χ0v) is 18.1. The van der Waals surface area contributed by atoms with Gasteiger partial charge in [-0.15, -0.1) is 0 Å². The van der Waals surface area contributed by atoms with Gasteiger partial charge in [0.05, 0.1) is 13.7 Å². The average Bonchev–Trinajstić information content (AvgIpc) is 2.72. The Morgan fingerprint density at radius 1 is 1.07 bits per heavy atom. The van der Waals surface area contributed by atoms with Crippen LogP contribution >= 0.6 is 0 Å². The third-order valence-corrected chi connectivity index (χ3v) is 4.35. The Kier molecular flexibility index (Phi) is 9.86. The fourth-order valence-electron chi connectivity index (χ4n) is 2.82. The first-order valence-corrected chi connectivity index (χ1v) is 10.1. The Bertz CT molecular complexity index is 762. The number of hydrogen-bond donors (Lipinski definition) is 2. The third-order valence-electron chi connectivity index (χ3n) is 4.35. The number of ether oxygens (including phenoxy) is 2. The number of guanidine groups is 1. The van der Waals surface area contributed by atoms with Gasteiger partial charge in [-0.2, -0.15) is 0 Å². The van der Waals surface area contributed by atoms with Crippen LogP contribution in [0.25, 0.3) is 0 Å². The van der Waals surface area contributed by atoms with Crippen LogP contribution in [-0.4, -0.2) is 58.3 Å². The molecule has 6 nitrogen and oxygen atoms in total. The highest BCUT2D eigenvalue weighted by atomic mass is 16.5. The summed E-state index contributed by atoms with van der Waals surface area (Å²) in [5, 5.41) is 6.70. The molecule has 6 heteroatoms. The van der Waals surface area contributed by atoms with Gasteiger partial charge in [-0.05, 0) is 56.8 Å². The molecule has 2 rings (SSSR count). The Hall–Kier alpha value is -2.73. The van der Waals surface area contributed by atoms with Gasteiger partial charge < -0.3 is 25.0 Å². The van der Waals surface area contributed by atoms with Crippen LogP contribution in [-0.2, 0) is 13.0 Å². The van der Waals surface area contributed by atoms with Crippen molar-refractivity contribution >= 4 is 5.96 Å². The molecule has 0 bridgehead atoms. The summed E-state index contributed by atoms with van der Waals surface area (Å²) >= 11 is 0. The second-order valence-electron chi connectivity index (χ2n) is 6.98. The van der Waals surface area contributed by atoms with E-state index in [4.69, 9.17) is 14.5 Å². The maximum Gasteiger partial charge on any atom is 0.191 e. The van der Waals surface area contributed by atoms with Crippen molar-refractivity contribution in [3.63, 3.8) is 0 Å². The fraction of sp³-hybridized carbons (Fsp3) is 0.435. The molecule has 2 aromatic carbocycles. The standard InChI is InChI=1S/C23H34N4O2/c1-5-24-23(25-14-13-20-10-6-7-12-22(20)28-4)26-18-19-9-8-11-21(17-19)29-16-15-27(2)3/h6-12,17H,5,13-16,18H2,1-4H3,(H2,24,25,26). The Morgan fingerprint density at radius 3 is 2.66 bits per heavy atom. The van der Waals surface area contributed by atoms with Gasteiger partial charge in [0, 0.05) is 19.6 Å². The molecule has 158 valence electrons. The van der Waals surface area contributed by atoms with E-state index in [-0.39, 0.29) is 0 Å². The number of benzene rings is 2. The molecule has 0 saturated carbocycles. The molecule has 0 amide bonds. The van der Waals surface area contributed by atoms with Gasteiger partial charge in [-0.1, -0.05) is 30.3 Å². The zero-order valence-electron chi connectivity index (χ0n) is 18.1. The van der Waals surface area contributed by atoms with Crippen molar-refractivity contribution in [1.29, 1.82) is 0 Å². The summed E-state index contributed by atoms with van der Waals surface area (Å²) in [6.45, 7) is 5.81. The van der Waals surface area contributed by atoms with Gasteiger partial charge in [0.15, 0.2) is 5.96 Å². The van der Waals surface area contributed by atoms with Gasteiger partial charge in [-0.3, -0.25) is 0 Å². The number of methoxy groups -OCH3 is 1. The van der Waals surface area contributed by atoms with Crippen LogP contribution in [0.5, 0.6) is 11.5 Å². The molecule has 2 aromatic rings. The lowest BCUT2D eigenvalue weighted by molar-refractivity contribution is 0.261. The predicted molar refractivity (Wildman–Crippen MR) is 120 cm³/mol. The normalized spacial score (nSPS) is 11.4. The maximum absolute atomic E-state index is 5.81. The number of rotatable bonds is 11. The van der Waals surface area contributed by atoms with Gasteiger partial charge >= 0.3 is 0 Å². The van der Waals surface area contributed by atoms with E-state index in [1.807, 2.05) is 44.4 Å². The predicted octanol–water partition coefficient (Wildman–Crippen LogP) is 2.93. The molecule has 29 heavy (non-hydrogen) atoms. The Labute approximate surface area is 174 Å². The lowest BCUT2D eigenvalue weighted by Gasteiger charge is -2.13. The first kappa shape index (κ1) is 22.6. The van der Waals surface area contributed by atoms with Crippen LogP contribution in [0.15, 0.2) is 53.5 Å². The number of aliphatic imine (C=N–C) groups is 1. The van der Waals surface area contributed by atoms with Crippen molar-refractivity contribution in [2.24, 2.45) is 4.99 Å². The van der Waals surface area contributed by atoms with E-state index >= 15 is 0 Å². The van der Waals surface area contributed by atoms with Crippen LogP contribution in [0.3, 0.4) is 0 Å². The Balaban J connectivity index is 1.89. The second kappa shape index (κ2) is 12.7. The second-order valence-corrected chi connectivity index (χ2v) is 6.98.